The molecule has 2 aliphatic heterocycles. The fourth-order valence-electron chi connectivity index (χ4n) is 3.85. The van der Waals surface area contributed by atoms with E-state index in [9.17, 15) is 0 Å². The van der Waals surface area contributed by atoms with Crippen LogP contribution in [0.4, 0.5) is 5.69 Å². The molecule has 0 aliphatic carbocycles. The zero-order valence-electron chi connectivity index (χ0n) is 13.5. The van der Waals surface area contributed by atoms with Crippen molar-refractivity contribution in [1.29, 1.82) is 0 Å². The molecule has 0 bridgehead atoms. The van der Waals surface area contributed by atoms with Gasteiger partial charge in [0.2, 0.25) is 0 Å². The predicted molar refractivity (Wildman–Crippen MR) is 89.9 cm³/mol. The first-order valence-corrected chi connectivity index (χ1v) is 8.47. The number of hydrogen-bond donors (Lipinski definition) is 1. The minimum Gasteiger partial charge on any atom is -0.371 e. The molecule has 2 fully saturated rings. The van der Waals surface area contributed by atoms with Gasteiger partial charge < -0.3 is 15.1 Å². The van der Waals surface area contributed by atoms with Crippen LogP contribution in [-0.2, 0) is 0 Å². The minimum absolute atomic E-state index is 0.709. The summed E-state index contributed by atoms with van der Waals surface area (Å²) in [5.74, 6) is 0.774. The molecule has 0 aromatic heterocycles. The monoisotopic (exact) mass is 287 g/mol. The smallest absolute Gasteiger partial charge is 0.0366 e. The second-order valence-corrected chi connectivity index (χ2v) is 6.90. The van der Waals surface area contributed by atoms with Crippen molar-refractivity contribution in [2.45, 2.75) is 38.3 Å². The van der Waals surface area contributed by atoms with E-state index in [1.54, 1.807) is 0 Å². The first-order chi connectivity index (χ1) is 10.2. The molecular weight excluding hydrogens is 258 g/mol. The van der Waals surface area contributed by atoms with Crippen LogP contribution in [0.1, 0.15) is 26.2 Å². The molecule has 116 valence electrons. The number of nitrogens with zero attached hydrogens (tertiary/aromatic N) is 2. The third-order valence-electron chi connectivity index (χ3n) is 5.17. The molecule has 2 atom stereocenters. The largest absolute Gasteiger partial charge is 0.371 e. The van der Waals surface area contributed by atoms with Crippen LogP contribution in [-0.4, -0.2) is 50.2 Å². The molecular formula is C18H29N3. The second kappa shape index (κ2) is 6.80. The summed E-state index contributed by atoms with van der Waals surface area (Å²) < 4.78 is 0. The Kier molecular flexibility index (Phi) is 4.81. The summed E-state index contributed by atoms with van der Waals surface area (Å²) in [4.78, 5) is 4.98. The van der Waals surface area contributed by atoms with Crippen LogP contribution in [0.25, 0.3) is 0 Å². The number of anilines is 1. The fraction of sp³-hybridized carbons (Fsp3) is 0.667. The van der Waals surface area contributed by atoms with Crippen molar-refractivity contribution < 1.29 is 0 Å². The molecule has 2 heterocycles. The predicted octanol–water partition coefficient (Wildman–Crippen LogP) is 2.59. The van der Waals surface area contributed by atoms with E-state index < -0.39 is 0 Å². The van der Waals surface area contributed by atoms with Crippen molar-refractivity contribution in [3.63, 3.8) is 0 Å². The van der Waals surface area contributed by atoms with Gasteiger partial charge in [-0.2, -0.15) is 0 Å². The standard InChI is InChI=1S/C18H29N3/c1-15-14-20(2)11-10-18(15)19-16-8-12-21(13-9-16)17-6-4-3-5-7-17/h3-7,15-16,18-19H,8-14H2,1-2H3. The Balaban J connectivity index is 1.48. The Morgan fingerprint density at radius 3 is 2.38 bits per heavy atom. The quantitative estimate of drug-likeness (QED) is 0.922. The van der Waals surface area contributed by atoms with Gasteiger partial charge in [0.15, 0.2) is 0 Å². The highest BCUT2D eigenvalue weighted by molar-refractivity contribution is 5.46. The van der Waals surface area contributed by atoms with Crippen LogP contribution < -0.4 is 10.2 Å². The van der Waals surface area contributed by atoms with Gasteiger partial charge in [0.25, 0.3) is 0 Å². The number of piperidine rings is 2. The Morgan fingerprint density at radius 1 is 1.00 bits per heavy atom. The van der Waals surface area contributed by atoms with Gasteiger partial charge in [0.1, 0.15) is 0 Å². The van der Waals surface area contributed by atoms with Crippen molar-refractivity contribution in [3.05, 3.63) is 30.3 Å². The summed E-state index contributed by atoms with van der Waals surface area (Å²) in [5.41, 5.74) is 1.38. The highest BCUT2D eigenvalue weighted by Gasteiger charge is 2.27. The van der Waals surface area contributed by atoms with Gasteiger partial charge in [0.05, 0.1) is 0 Å². The van der Waals surface area contributed by atoms with Gasteiger partial charge in [-0.3, -0.25) is 0 Å². The van der Waals surface area contributed by atoms with Gasteiger partial charge in [0, 0.05) is 37.4 Å². The van der Waals surface area contributed by atoms with Gasteiger partial charge >= 0.3 is 0 Å². The van der Waals surface area contributed by atoms with E-state index in [1.807, 2.05) is 0 Å². The van der Waals surface area contributed by atoms with Crippen molar-refractivity contribution in [2.24, 2.45) is 5.92 Å². The number of nitrogens with one attached hydrogen (secondary N) is 1. The maximum Gasteiger partial charge on any atom is 0.0366 e. The van der Waals surface area contributed by atoms with Gasteiger partial charge in [-0.05, 0) is 50.9 Å². The average Bonchev–Trinajstić information content (AvgIpc) is 2.52. The normalized spacial score (nSPS) is 28.8. The van der Waals surface area contributed by atoms with E-state index in [0.29, 0.717) is 6.04 Å². The maximum absolute atomic E-state index is 3.95. The summed E-state index contributed by atoms with van der Waals surface area (Å²) in [6.07, 6.45) is 3.85. The van der Waals surface area contributed by atoms with Crippen LogP contribution in [0.5, 0.6) is 0 Å². The summed E-state index contributed by atoms with van der Waals surface area (Å²) >= 11 is 0. The van der Waals surface area contributed by atoms with E-state index in [1.165, 1.54) is 51.1 Å². The molecule has 2 saturated heterocycles. The molecule has 3 heteroatoms. The first-order valence-electron chi connectivity index (χ1n) is 8.47. The lowest BCUT2D eigenvalue weighted by Crippen LogP contribution is -2.52. The van der Waals surface area contributed by atoms with Gasteiger partial charge in [-0.1, -0.05) is 25.1 Å². The average molecular weight is 287 g/mol. The highest BCUT2D eigenvalue weighted by atomic mass is 15.2. The SMILES string of the molecule is CC1CN(C)CCC1NC1CCN(c2ccccc2)CC1. The van der Waals surface area contributed by atoms with Gasteiger partial charge in [-0.25, -0.2) is 0 Å². The lowest BCUT2D eigenvalue weighted by Gasteiger charge is -2.40. The Bertz CT molecular complexity index is 425. The van der Waals surface area contributed by atoms with E-state index >= 15 is 0 Å². The molecule has 3 nitrogen and oxygen atoms in total. The molecule has 0 radical (unpaired) electrons. The number of rotatable bonds is 3. The number of likely N-dealkylation sites (tertiary alicyclic amines) is 1. The topological polar surface area (TPSA) is 18.5 Å². The molecule has 1 aromatic rings. The van der Waals surface area contributed by atoms with E-state index in [-0.39, 0.29) is 0 Å². The number of para-hydroxylation sites is 1. The molecule has 0 amide bonds. The van der Waals surface area contributed by atoms with E-state index in [0.717, 1.165) is 12.0 Å². The summed E-state index contributed by atoms with van der Waals surface area (Å²) in [7, 11) is 2.24. The molecule has 3 rings (SSSR count). The first kappa shape index (κ1) is 14.9. The highest BCUT2D eigenvalue weighted by Crippen LogP contribution is 2.22. The van der Waals surface area contributed by atoms with Crippen LogP contribution in [0, 0.1) is 5.92 Å². The molecule has 21 heavy (non-hydrogen) atoms. The zero-order chi connectivity index (χ0) is 14.7. The van der Waals surface area contributed by atoms with E-state index in [4.69, 9.17) is 0 Å². The van der Waals surface area contributed by atoms with Crippen LogP contribution >= 0.6 is 0 Å². The molecule has 0 spiro atoms. The summed E-state index contributed by atoms with van der Waals surface area (Å²) in [6, 6.07) is 12.3. The molecule has 0 saturated carbocycles. The molecule has 2 aliphatic rings. The molecule has 2 unspecified atom stereocenters. The van der Waals surface area contributed by atoms with Gasteiger partial charge in [-0.15, -0.1) is 0 Å². The fourth-order valence-corrected chi connectivity index (χ4v) is 3.85. The third kappa shape index (κ3) is 3.78. The van der Waals surface area contributed by atoms with Crippen molar-refractivity contribution in [3.8, 4) is 0 Å². The molecule has 1 aromatic carbocycles. The van der Waals surface area contributed by atoms with E-state index in [2.05, 4.69) is 59.4 Å². The Labute approximate surface area is 129 Å². The van der Waals surface area contributed by atoms with Crippen LogP contribution in [0.15, 0.2) is 30.3 Å². The van der Waals surface area contributed by atoms with Crippen molar-refractivity contribution in [1.82, 2.24) is 10.2 Å². The summed E-state index contributed by atoms with van der Waals surface area (Å²) in [6.45, 7) is 7.24. The molecule has 1 N–H and O–H groups in total. The lowest BCUT2D eigenvalue weighted by molar-refractivity contribution is 0.161. The second-order valence-electron chi connectivity index (χ2n) is 6.90. The minimum atomic E-state index is 0.709. The lowest BCUT2D eigenvalue weighted by atomic mass is 9.92. The number of hydrogen-bond acceptors (Lipinski definition) is 3. The van der Waals surface area contributed by atoms with Crippen LogP contribution in [0.3, 0.4) is 0 Å². The summed E-state index contributed by atoms with van der Waals surface area (Å²) in [5, 5.41) is 3.95. The Morgan fingerprint density at radius 2 is 1.71 bits per heavy atom. The number of benzene rings is 1. The van der Waals surface area contributed by atoms with Crippen molar-refractivity contribution >= 4 is 5.69 Å². The van der Waals surface area contributed by atoms with Crippen LogP contribution in [0.2, 0.25) is 0 Å². The zero-order valence-corrected chi connectivity index (χ0v) is 13.5. The maximum atomic E-state index is 3.95. The third-order valence-corrected chi connectivity index (χ3v) is 5.17. The van der Waals surface area contributed by atoms with Crippen molar-refractivity contribution in [2.75, 3.05) is 38.1 Å². The Hall–Kier alpha value is -1.06.